The first-order valence-electron chi connectivity index (χ1n) is 3.61. The van der Waals surface area contributed by atoms with Crippen LogP contribution in [-0.2, 0) is 0 Å². The molecule has 1 N–H and O–H groups in total. The Bertz CT molecular complexity index is 96.7. The van der Waals surface area contributed by atoms with Crippen molar-refractivity contribution in [1.82, 2.24) is 0 Å². The van der Waals surface area contributed by atoms with Gasteiger partial charge in [0.15, 0.2) is 0 Å². The summed E-state index contributed by atoms with van der Waals surface area (Å²) < 4.78 is 0. The first-order chi connectivity index (χ1) is 4.39. The summed E-state index contributed by atoms with van der Waals surface area (Å²) in [5, 5.41) is 9.04. The molecule has 0 heterocycles. The van der Waals surface area contributed by atoms with Gasteiger partial charge in [-0.2, -0.15) is 0 Å². The first-order valence-corrected chi connectivity index (χ1v) is 3.61. The molecule has 51 valence electrons. The van der Waals surface area contributed by atoms with Gasteiger partial charge in [-0.05, 0) is 19.3 Å². The fraction of sp³-hybridized carbons (Fsp3) is 0.625. The average Bonchev–Trinajstić information content (AvgIpc) is 1.79. The van der Waals surface area contributed by atoms with Crippen molar-refractivity contribution in [3.63, 3.8) is 0 Å². The van der Waals surface area contributed by atoms with Crippen LogP contribution in [0.5, 0.6) is 0 Å². The molecular formula is C8H13O. The van der Waals surface area contributed by atoms with E-state index in [-0.39, 0.29) is 0 Å². The molecule has 1 aliphatic carbocycles. The van der Waals surface area contributed by atoms with E-state index in [1.807, 2.05) is 6.08 Å². The van der Waals surface area contributed by atoms with Crippen LogP contribution >= 0.6 is 0 Å². The zero-order valence-corrected chi connectivity index (χ0v) is 5.64. The fourth-order valence-electron chi connectivity index (χ4n) is 1.05. The van der Waals surface area contributed by atoms with E-state index in [0.29, 0.717) is 6.10 Å². The Hall–Kier alpha value is -0.300. The van der Waals surface area contributed by atoms with Gasteiger partial charge < -0.3 is 5.11 Å². The molecule has 0 unspecified atom stereocenters. The topological polar surface area (TPSA) is 20.2 Å². The van der Waals surface area contributed by atoms with E-state index in [0.717, 1.165) is 19.3 Å². The van der Waals surface area contributed by atoms with Gasteiger partial charge in [-0.25, -0.2) is 0 Å². The first kappa shape index (κ1) is 6.81. The van der Waals surface area contributed by atoms with Gasteiger partial charge in [0, 0.05) is 0 Å². The van der Waals surface area contributed by atoms with Crippen LogP contribution in [0.4, 0.5) is 0 Å². The number of aliphatic hydroxyl groups is 1. The summed E-state index contributed by atoms with van der Waals surface area (Å²) in [6.07, 6.45) is 10.1. The quantitative estimate of drug-likeness (QED) is 0.527. The molecule has 1 aliphatic rings. The molecule has 1 radical (unpaired) electrons. The van der Waals surface area contributed by atoms with Gasteiger partial charge >= 0.3 is 0 Å². The van der Waals surface area contributed by atoms with Gasteiger partial charge in [-0.1, -0.05) is 25.0 Å². The van der Waals surface area contributed by atoms with E-state index >= 15 is 0 Å². The highest BCUT2D eigenvalue weighted by Crippen LogP contribution is 2.15. The van der Waals surface area contributed by atoms with Crippen LogP contribution in [0.25, 0.3) is 0 Å². The molecule has 0 saturated carbocycles. The minimum Gasteiger partial charge on any atom is -0.382 e. The van der Waals surface area contributed by atoms with Crippen molar-refractivity contribution in [3.8, 4) is 0 Å². The van der Waals surface area contributed by atoms with Crippen LogP contribution in [-0.4, -0.2) is 5.11 Å². The molecule has 9 heavy (non-hydrogen) atoms. The molecule has 0 atom stereocenters. The van der Waals surface area contributed by atoms with Gasteiger partial charge in [-0.3, -0.25) is 0 Å². The maximum Gasteiger partial charge on any atom is 0.115 e. The van der Waals surface area contributed by atoms with Gasteiger partial charge in [0.25, 0.3) is 0 Å². The lowest BCUT2D eigenvalue weighted by atomic mass is 10.0. The second-order valence-electron chi connectivity index (χ2n) is 2.49. The Labute approximate surface area is 56.4 Å². The largest absolute Gasteiger partial charge is 0.382 e. The number of aliphatic hydroxyl groups excluding tert-OH is 1. The Morgan fingerprint density at radius 2 is 2.11 bits per heavy atom. The van der Waals surface area contributed by atoms with E-state index in [1.165, 1.54) is 12.8 Å². The molecule has 0 aromatic rings. The van der Waals surface area contributed by atoms with Crippen LogP contribution in [0.3, 0.4) is 0 Å². The van der Waals surface area contributed by atoms with Crippen LogP contribution in [0.1, 0.15) is 32.1 Å². The van der Waals surface area contributed by atoms with Crippen molar-refractivity contribution in [3.05, 3.63) is 18.3 Å². The Morgan fingerprint density at radius 1 is 1.22 bits per heavy atom. The fourth-order valence-corrected chi connectivity index (χ4v) is 1.05. The highest BCUT2D eigenvalue weighted by Gasteiger charge is 2.01. The van der Waals surface area contributed by atoms with Crippen LogP contribution in [0, 0.1) is 6.10 Å². The predicted octanol–water partition coefficient (Wildman–Crippen LogP) is 2.41. The third kappa shape index (κ3) is 2.66. The second-order valence-corrected chi connectivity index (χ2v) is 2.49. The lowest BCUT2D eigenvalue weighted by molar-refractivity contribution is 0.310. The zero-order valence-electron chi connectivity index (χ0n) is 5.64. The lowest BCUT2D eigenvalue weighted by Gasteiger charge is -2.06. The second kappa shape index (κ2) is 3.67. The molecule has 1 heteroatoms. The number of rotatable bonds is 0. The molecule has 1 nitrogen and oxygen atoms in total. The van der Waals surface area contributed by atoms with Gasteiger partial charge in [0.05, 0.1) is 0 Å². The molecule has 0 spiro atoms. The minimum atomic E-state index is 0.551. The molecule has 0 aliphatic heterocycles. The third-order valence-corrected chi connectivity index (χ3v) is 1.61. The van der Waals surface area contributed by atoms with Crippen molar-refractivity contribution in [2.24, 2.45) is 0 Å². The third-order valence-electron chi connectivity index (χ3n) is 1.61. The molecule has 0 fully saturated rings. The maximum atomic E-state index is 9.04. The average molecular weight is 125 g/mol. The van der Waals surface area contributed by atoms with Crippen molar-refractivity contribution in [2.75, 3.05) is 0 Å². The Morgan fingerprint density at radius 3 is 3.00 bits per heavy atom. The smallest absolute Gasteiger partial charge is 0.115 e. The van der Waals surface area contributed by atoms with Gasteiger partial charge in [-0.15, -0.1) is 0 Å². The maximum absolute atomic E-state index is 9.04. The van der Waals surface area contributed by atoms with Crippen LogP contribution < -0.4 is 0 Å². The summed E-state index contributed by atoms with van der Waals surface area (Å²) in [5.41, 5.74) is 0. The van der Waals surface area contributed by atoms with Crippen molar-refractivity contribution in [2.45, 2.75) is 32.1 Å². The Balaban J connectivity index is 2.30. The highest BCUT2D eigenvalue weighted by molar-refractivity contribution is 5.02. The molecule has 0 aromatic carbocycles. The molecule has 0 bridgehead atoms. The van der Waals surface area contributed by atoms with Crippen LogP contribution in [0.2, 0.25) is 0 Å². The van der Waals surface area contributed by atoms with Crippen molar-refractivity contribution < 1.29 is 5.11 Å². The van der Waals surface area contributed by atoms with E-state index in [4.69, 9.17) is 5.11 Å². The molecule has 0 saturated heterocycles. The predicted molar refractivity (Wildman–Crippen MR) is 37.4 cm³/mol. The zero-order chi connectivity index (χ0) is 6.53. The minimum absolute atomic E-state index is 0.551. The van der Waals surface area contributed by atoms with Crippen molar-refractivity contribution in [1.29, 1.82) is 0 Å². The van der Waals surface area contributed by atoms with Crippen molar-refractivity contribution >= 4 is 0 Å². The van der Waals surface area contributed by atoms with Gasteiger partial charge in [0.1, 0.15) is 6.10 Å². The number of allylic oxidation sites excluding steroid dienone is 1. The summed E-state index contributed by atoms with van der Waals surface area (Å²) >= 11 is 0. The van der Waals surface area contributed by atoms with Gasteiger partial charge in [0.2, 0.25) is 0 Å². The normalized spacial score (nSPS) is 26.8. The van der Waals surface area contributed by atoms with E-state index in [2.05, 4.69) is 6.08 Å². The number of hydrogen-bond acceptors (Lipinski definition) is 1. The molecule has 1 rings (SSSR count). The monoisotopic (exact) mass is 125 g/mol. The summed E-state index contributed by atoms with van der Waals surface area (Å²) in [7, 11) is 0. The summed E-state index contributed by atoms with van der Waals surface area (Å²) in [4.78, 5) is 0. The van der Waals surface area contributed by atoms with E-state index in [1.54, 1.807) is 0 Å². The molecule has 0 amide bonds. The standard InChI is InChI=1S/C8H13O/c9-8-6-4-2-1-3-5-7-8/h4,6,9H,1-3,5,7H2/b6-4-. The number of hydrogen-bond donors (Lipinski definition) is 1. The van der Waals surface area contributed by atoms with Crippen LogP contribution in [0.15, 0.2) is 12.2 Å². The summed E-state index contributed by atoms with van der Waals surface area (Å²) in [6, 6.07) is 0. The Kier molecular flexibility index (Phi) is 2.78. The molecule has 0 aromatic heterocycles. The van der Waals surface area contributed by atoms with E-state index in [9.17, 15) is 0 Å². The summed E-state index contributed by atoms with van der Waals surface area (Å²) in [6.45, 7) is 0. The SMILES string of the molecule is O[C]1/C=C\CCCCC1. The highest BCUT2D eigenvalue weighted by atomic mass is 16.3. The molecular weight excluding hydrogens is 112 g/mol. The lowest BCUT2D eigenvalue weighted by Crippen LogP contribution is -1.93. The summed E-state index contributed by atoms with van der Waals surface area (Å²) in [5.74, 6) is 0. The van der Waals surface area contributed by atoms with E-state index < -0.39 is 0 Å².